The average molecular weight is 256 g/mol. The number of benzene rings is 1. The third-order valence-corrected chi connectivity index (χ3v) is 2.87. The summed E-state index contributed by atoms with van der Waals surface area (Å²) < 4.78 is 5.09. The molecule has 6 heteroatoms. The van der Waals surface area contributed by atoms with Crippen LogP contribution in [0, 0.1) is 0 Å². The van der Waals surface area contributed by atoms with Crippen LogP contribution in [0.5, 0.6) is 5.75 Å². The molecule has 0 atom stereocenters. The Morgan fingerprint density at radius 1 is 1.32 bits per heavy atom. The van der Waals surface area contributed by atoms with Gasteiger partial charge in [0.1, 0.15) is 5.75 Å². The van der Waals surface area contributed by atoms with Crippen LogP contribution in [0.2, 0.25) is 0 Å². The second-order valence-electron chi connectivity index (χ2n) is 4.09. The van der Waals surface area contributed by atoms with E-state index in [0.717, 1.165) is 17.1 Å². The van der Waals surface area contributed by atoms with Crippen LogP contribution in [0.3, 0.4) is 0 Å². The number of aromatic nitrogens is 2. The maximum absolute atomic E-state index is 11.4. The summed E-state index contributed by atoms with van der Waals surface area (Å²) in [5.74, 6) is 1.14. The molecule has 3 rings (SSSR count). The molecule has 1 aliphatic heterocycles. The number of carbonyl (C=O) groups excluding carboxylic acids is 1. The second-order valence-corrected chi connectivity index (χ2v) is 4.09. The van der Waals surface area contributed by atoms with E-state index in [1.165, 1.54) is 6.20 Å². The van der Waals surface area contributed by atoms with Gasteiger partial charge in [0.05, 0.1) is 24.9 Å². The molecule has 0 radical (unpaired) electrons. The van der Waals surface area contributed by atoms with Gasteiger partial charge in [-0.1, -0.05) is 0 Å². The van der Waals surface area contributed by atoms with Gasteiger partial charge >= 0.3 is 0 Å². The summed E-state index contributed by atoms with van der Waals surface area (Å²) >= 11 is 0. The molecule has 2 N–H and O–H groups in total. The smallest absolute Gasteiger partial charge is 0.255 e. The van der Waals surface area contributed by atoms with Gasteiger partial charge in [0.15, 0.2) is 0 Å². The number of carbonyl (C=O) groups is 1. The maximum Gasteiger partial charge on any atom is 0.255 e. The van der Waals surface area contributed by atoms with Gasteiger partial charge in [-0.3, -0.25) is 4.79 Å². The first-order chi connectivity index (χ1) is 9.26. The largest absolute Gasteiger partial charge is 0.497 e. The van der Waals surface area contributed by atoms with Crippen molar-refractivity contribution in [3.63, 3.8) is 0 Å². The molecular weight excluding hydrogens is 244 g/mol. The normalized spacial score (nSPS) is 12.8. The van der Waals surface area contributed by atoms with Gasteiger partial charge in [0.2, 0.25) is 5.95 Å². The average Bonchev–Trinajstić information content (AvgIpc) is 2.81. The fourth-order valence-corrected chi connectivity index (χ4v) is 1.86. The topological polar surface area (TPSA) is 76.1 Å². The Balaban J connectivity index is 1.81. The summed E-state index contributed by atoms with van der Waals surface area (Å²) in [6, 6.07) is 7.44. The first-order valence-corrected chi connectivity index (χ1v) is 5.81. The van der Waals surface area contributed by atoms with Crippen molar-refractivity contribution in [1.29, 1.82) is 0 Å². The van der Waals surface area contributed by atoms with E-state index in [9.17, 15) is 4.79 Å². The molecule has 2 aromatic rings. The Morgan fingerprint density at radius 2 is 2.11 bits per heavy atom. The van der Waals surface area contributed by atoms with Crippen LogP contribution in [-0.2, 0) is 6.54 Å². The minimum atomic E-state index is -0.119. The van der Waals surface area contributed by atoms with E-state index < -0.39 is 0 Å². The molecule has 19 heavy (non-hydrogen) atoms. The number of ether oxygens (including phenoxy) is 1. The first-order valence-electron chi connectivity index (χ1n) is 5.81. The highest BCUT2D eigenvalue weighted by Crippen LogP contribution is 2.19. The Kier molecular flexibility index (Phi) is 2.75. The molecule has 6 nitrogen and oxygen atoms in total. The van der Waals surface area contributed by atoms with Crippen LogP contribution >= 0.6 is 0 Å². The lowest BCUT2D eigenvalue weighted by molar-refractivity contribution is 0.0965. The molecule has 0 fully saturated rings. The summed E-state index contributed by atoms with van der Waals surface area (Å²) in [4.78, 5) is 19.8. The number of anilines is 2. The molecule has 1 aliphatic rings. The van der Waals surface area contributed by atoms with Crippen LogP contribution in [0.1, 0.15) is 16.1 Å². The fraction of sp³-hybridized carbons (Fsp3) is 0.154. The van der Waals surface area contributed by atoms with Crippen LogP contribution in [0.25, 0.3) is 0 Å². The molecule has 0 unspecified atom stereocenters. The molecule has 0 bridgehead atoms. The van der Waals surface area contributed by atoms with Gasteiger partial charge in [0.25, 0.3) is 5.91 Å². The molecule has 2 heterocycles. The van der Waals surface area contributed by atoms with E-state index in [1.54, 1.807) is 7.11 Å². The van der Waals surface area contributed by atoms with Crippen molar-refractivity contribution in [3.05, 3.63) is 41.7 Å². The van der Waals surface area contributed by atoms with Gasteiger partial charge < -0.3 is 15.4 Å². The van der Waals surface area contributed by atoms with Gasteiger partial charge in [-0.15, -0.1) is 0 Å². The molecule has 0 spiro atoms. The molecule has 0 saturated carbocycles. The summed E-state index contributed by atoms with van der Waals surface area (Å²) in [7, 11) is 1.62. The minimum Gasteiger partial charge on any atom is -0.497 e. The maximum atomic E-state index is 11.4. The zero-order chi connectivity index (χ0) is 13.2. The highest BCUT2D eigenvalue weighted by Gasteiger charge is 2.20. The minimum absolute atomic E-state index is 0.119. The lowest BCUT2D eigenvalue weighted by atomic mass is 10.3. The molecule has 0 saturated heterocycles. The lowest BCUT2D eigenvalue weighted by Gasteiger charge is -2.06. The lowest BCUT2D eigenvalue weighted by Crippen LogP contribution is -2.12. The number of nitrogens with zero attached hydrogens (tertiary/aromatic N) is 2. The molecule has 0 aliphatic carbocycles. The third kappa shape index (κ3) is 2.20. The third-order valence-electron chi connectivity index (χ3n) is 2.87. The highest BCUT2D eigenvalue weighted by molar-refractivity contribution is 5.97. The van der Waals surface area contributed by atoms with Crippen LogP contribution in [0.4, 0.5) is 11.6 Å². The Hall–Kier alpha value is -2.63. The standard InChI is InChI=1S/C13H12N4O2/c1-19-9-4-2-8(3-5-9)16-13-15-6-10-11(17-13)7-14-12(10)18/h2-6H,7H2,1H3,(H,14,18)(H,15,16,17). The number of methoxy groups -OCH3 is 1. The number of hydrogen-bond donors (Lipinski definition) is 2. The van der Waals surface area contributed by atoms with Crippen LogP contribution < -0.4 is 15.4 Å². The van der Waals surface area contributed by atoms with E-state index in [2.05, 4.69) is 20.6 Å². The summed E-state index contributed by atoms with van der Waals surface area (Å²) in [6.07, 6.45) is 1.54. The molecule has 1 aromatic heterocycles. The number of fused-ring (bicyclic) bond motifs is 1. The molecule has 1 aromatic carbocycles. The van der Waals surface area contributed by atoms with E-state index in [0.29, 0.717) is 18.1 Å². The predicted molar refractivity (Wildman–Crippen MR) is 69.5 cm³/mol. The monoisotopic (exact) mass is 256 g/mol. The Morgan fingerprint density at radius 3 is 2.84 bits per heavy atom. The second kappa shape index (κ2) is 4.56. The van der Waals surface area contributed by atoms with E-state index in [1.807, 2.05) is 24.3 Å². The van der Waals surface area contributed by atoms with Crippen molar-refractivity contribution in [2.75, 3.05) is 12.4 Å². The zero-order valence-corrected chi connectivity index (χ0v) is 10.3. The van der Waals surface area contributed by atoms with Crippen molar-refractivity contribution in [2.24, 2.45) is 0 Å². The number of nitrogens with one attached hydrogen (secondary N) is 2. The SMILES string of the molecule is COc1ccc(Nc2ncc3c(n2)CNC3=O)cc1. The Bertz CT molecular complexity index is 625. The van der Waals surface area contributed by atoms with Crippen molar-refractivity contribution < 1.29 is 9.53 Å². The number of hydrogen-bond acceptors (Lipinski definition) is 5. The Labute approximate surface area is 109 Å². The van der Waals surface area contributed by atoms with Gasteiger partial charge in [-0.25, -0.2) is 9.97 Å². The summed E-state index contributed by atoms with van der Waals surface area (Å²) in [6.45, 7) is 0.452. The van der Waals surface area contributed by atoms with Gasteiger partial charge in [-0.05, 0) is 24.3 Å². The quantitative estimate of drug-likeness (QED) is 0.869. The van der Waals surface area contributed by atoms with Gasteiger partial charge in [0, 0.05) is 11.9 Å². The molecule has 96 valence electrons. The van der Waals surface area contributed by atoms with E-state index in [-0.39, 0.29) is 5.91 Å². The van der Waals surface area contributed by atoms with Crippen LogP contribution in [0.15, 0.2) is 30.5 Å². The molecular formula is C13H12N4O2. The highest BCUT2D eigenvalue weighted by atomic mass is 16.5. The fourth-order valence-electron chi connectivity index (χ4n) is 1.86. The van der Waals surface area contributed by atoms with Crippen molar-refractivity contribution >= 4 is 17.5 Å². The van der Waals surface area contributed by atoms with Crippen LogP contribution in [-0.4, -0.2) is 23.0 Å². The van der Waals surface area contributed by atoms with E-state index >= 15 is 0 Å². The summed E-state index contributed by atoms with van der Waals surface area (Å²) in [5.41, 5.74) is 2.12. The van der Waals surface area contributed by atoms with Crippen molar-refractivity contribution in [2.45, 2.75) is 6.54 Å². The zero-order valence-electron chi connectivity index (χ0n) is 10.3. The van der Waals surface area contributed by atoms with E-state index in [4.69, 9.17) is 4.74 Å². The van der Waals surface area contributed by atoms with Gasteiger partial charge in [-0.2, -0.15) is 0 Å². The van der Waals surface area contributed by atoms with Crippen molar-refractivity contribution in [1.82, 2.24) is 15.3 Å². The first kappa shape index (κ1) is 11.5. The van der Waals surface area contributed by atoms with Crippen molar-refractivity contribution in [3.8, 4) is 5.75 Å². The predicted octanol–water partition coefficient (Wildman–Crippen LogP) is 1.47. The number of rotatable bonds is 3. The molecule has 1 amide bonds. The summed E-state index contributed by atoms with van der Waals surface area (Å²) in [5, 5.41) is 5.79. The number of amides is 1.